The van der Waals surface area contributed by atoms with Crippen molar-refractivity contribution >= 4 is 39.8 Å². The monoisotopic (exact) mass is 471 g/mol. The van der Waals surface area contributed by atoms with Gasteiger partial charge in [-0.2, -0.15) is 0 Å². The summed E-state index contributed by atoms with van der Waals surface area (Å²) in [5.74, 6) is 1.44. The van der Waals surface area contributed by atoms with Gasteiger partial charge in [0, 0.05) is 37.8 Å². The standard InChI is InChI=1S/C22H29N7OS2/c1-4-29-19(15-10-12-17(13-11-15)28(2)3)24-27-22(29)31-14-18(30)23-21-26-25-20(32-21)16-8-6-5-7-9-16/h10-13,16H,4-9,14H2,1-3H3,(H,23,26,30). The largest absolute Gasteiger partial charge is 0.378 e. The van der Waals surface area contributed by atoms with Crippen molar-refractivity contribution in [3.63, 3.8) is 0 Å². The highest BCUT2D eigenvalue weighted by molar-refractivity contribution is 7.99. The third kappa shape index (κ3) is 5.29. The summed E-state index contributed by atoms with van der Waals surface area (Å²) in [5, 5.41) is 22.4. The van der Waals surface area contributed by atoms with Crippen molar-refractivity contribution in [3.05, 3.63) is 29.3 Å². The van der Waals surface area contributed by atoms with E-state index in [-0.39, 0.29) is 11.7 Å². The summed E-state index contributed by atoms with van der Waals surface area (Å²) in [4.78, 5) is 14.6. The van der Waals surface area contributed by atoms with Crippen LogP contribution < -0.4 is 10.2 Å². The zero-order valence-electron chi connectivity index (χ0n) is 18.7. The number of nitrogens with zero attached hydrogens (tertiary/aromatic N) is 6. The summed E-state index contributed by atoms with van der Waals surface area (Å²) >= 11 is 2.88. The van der Waals surface area contributed by atoms with Crippen molar-refractivity contribution in [2.24, 2.45) is 0 Å². The minimum atomic E-state index is -0.108. The normalized spacial score (nSPS) is 14.5. The zero-order valence-corrected chi connectivity index (χ0v) is 20.4. The number of carbonyl (C=O) groups excluding carboxylic acids is 1. The molecule has 8 nitrogen and oxygen atoms in total. The van der Waals surface area contributed by atoms with E-state index in [1.165, 1.54) is 55.2 Å². The average Bonchev–Trinajstić information content (AvgIpc) is 3.45. The first kappa shape index (κ1) is 22.7. The summed E-state index contributed by atoms with van der Waals surface area (Å²) in [6.45, 7) is 2.78. The Labute approximate surface area is 196 Å². The molecule has 4 rings (SSSR count). The minimum Gasteiger partial charge on any atom is -0.378 e. The lowest BCUT2D eigenvalue weighted by molar-refractivity contribution is -0.113. The molecule has 0 unspecified atom stereocenters. The van der Waals surface area contributed by atoms with E-state index in [0.29, 0.717) is 11.0 Å². The maximum atomic E-state index is 12.5. The molecule has 0 atom stereocenters. The molecular formula is C22H29N7OS2. The van der Waals surface area contributed by atoms with Crippen LogP contribution >= 0.6 is 23.1 Å². The fourth-order valence-electron chi connectivity index (χ4n) is 3.89. The van der Waals surface area contributed by atoms with E-state index >= 15 is 0 Å². The van der Waals surface area contributed by atoms with Gasteiger partial charge >= 0.3 is 0 Å². The average molecular weight is 472 g/mol. The van der Waals surface area contributed by atoms with Gasteiger partial charge in [-0.1, -0.05) is 42.4 Å². The van der Waals surface area contributed by atoms with Crippen molar-refractivity contribution in [1.29, 1.82) is 0 Å². The van der Waals surface area contributed by atoms with Crippen molar-refractivity contribution in [1.82, 2.24) is 25.0 Å². The van der Waals surface area contributed by atoms with Gasteiger partial charge in [-0.15, -0.1) is 20.4 Å². The van der Waals surface area contributed by atoms with Crippen LogP contribution in [0.15, 0.2) is 29.4 Å². The van der Waals surface area contributed by atoms with Gasteiger partial charge in [-0.05, 0) is 44.0 Å². The Balaban J connectivity index is 1.36. The predicted molar refractivity (Wildman–Crippen MR) is 131 cm³/mol. The molecule has 0 saturated heterocycles. The summed E-state index contributed by atoms with van der Waals surface area (Å²) in [6, 6.07) is 8.22. The summed E-state index contributed by atoms with van der Waals surface area (Å²) < 4.78 is 2.04. The molecule has 3 aromatic rings. The van der Waals surface area contributed by atoms with Crippen LogP contribution in [0, 0.1) is 0 Å². The number of thioether (sulfide) groups is 1. The van der Waals surface area contributed by atoms with Crippen LogP contribution in [0.1, 0.15) is 50.0 Å². The fraction of sp³-hybridized carbons (Fsp3) is 0.500. The molecule has 2 heterocycles. The molecule has 1 aliphatic rings. The molecule has 1 N–H and O–H groups in total. The van der Waals surface area contributed by atoms with Gasteiger partial charge in [0.25, 0.3) is 0 Å². The van der Waals surface area contributed by atoms with Crippen molar-refractivity contribution in [2.45, 2.75) is 56.6 Å². The highest BCUT2D eigenvalue weighted by atomic mass is 32.2. The molecule has 1 aliphatic carbocycles. The maximum Gasteiger partial charge on any atom is 0.236 e. The Kier molecular flexibility index (Phi) is 7.41. The molecule has 1 saturated carbocycles. The summed E-state index contributed by atoms with van der Waals surface area (Å²) in [5.41, 5.74) is 2.14. The Hall–Kier alpha value is -2.46. The summed E-state index contributed by atoms with van der Waals surface area (Å²) in [6.07, 6.45) is 6.16. The van der Waals surface area contributed by atoms with E-state index in [4.69, 9.17) is 0 Å². The van der Waals surface area contributed by atoms with E-state index in [1.54, 1.807) is 0 Å². The van der Waals surface area contributed by atoms with Gasteiger partial charge in [0.2, 0.25) is 11.0 Å². The van der Waals surface area contributed by atoms with Crippen LogP contribution in [-0.2, 0) is 11.3 Å². The lowest BCUT2D eigenvalue weighted by Crippen LogP contribution is -2.14. The number of amides is 1. The Bertz CT molecular complexity index is 1040. The van der Waals surface area contributed by atoms with Crippen LogP contribution in [0.5, 0.6) is 0 Å². The van der Waals surface area contributed by atoms with Crippen LogP contribution in [0.25, 0.3) is 11.4 Å². The molecule has 170 valence electrons. The SMILES string of the molecule is CCn1c(SCC(=O)Nc2nnc(C3CCCCC3)s2)nnc1-c1ccc(N(C)C)cc1. The highest BCUT2D eigenvalue weighted by Gasteiger charge is 2.20. The van der Waals surface area contributed by atoms with Gasteiger partial charge in [0.1, 0.15) is 5.01 Å². The van der Waals surface area contributed by atoms with Crippen LogP contribution in [0.2, 0.25) is 0 Å². The molecule has 1 aromatic carbocycles. The van der Waals surface area contributed by atoms with E-state index < -0.39 is 0 Å². The first-order valence-corrected chi connectivity index (χ1v) is 12.8. The number of aromatic nitrogens is 5. The van der Waals surface area contributed by atoms with E-state index in [0.717, 1.165) is 33.8 Å². The number of anilines is 2. The third-order valence-corrected chi connectivity index (χ3v) is 7.62. The van der Waals surface area contributed by atoms with Crippen molar-refractivity contribution in [3.8, 4) is 11.4 Å². The summed E-state index contributed by atoms with van der Waals surface area (Å²) in [7, 11) is 4.03. The molecular weight excluding hydrogens is 442 g/mol. The van der Waals surface area contributed by atoms with Crippen molar-refractivity contribution < 1.29 is 4.79 Å². The quantitative estimate of drug-likeness (QED) is 0.478. The van der Waals surface area contributed by atoms with Gasteiger partial charge in [-0.3, -0.25) is 10.1 Å². The fourth-order valence-corrected chi connectivity index (χ4v) is 5.62. The van der Waals surface area contributed by atoms with E-state index in [9.17, 15) is 4.79 Å². The maximum absolute atomic E-state index is 12.5. The van der Waals surface area contributed by atoms with E-state index in [1.807, 2.05) is 30.8 Å². The number of benzene rings is 1. The number of carbonyl (C=O) groups is 1. The van der Waals surface area contributed by atoms with Crippen molar-refractivity contribution in [2.75, 3.05) is 30.1 Å². The molecule has 1 amide bonds. The second kappa shape index (κ2) is 10.4. The molecule has 0 bridgehead atoms. The second-order valence-electron chi connectivity index (χ2n) is 8.11. The molecule has 0 aliphatic heterocycles. The number of hydrogen-bond acceptors (Lipinski definition) is 8. The lowest BCUT2D eigenvalue weighted by Gasteiger charge is -2.18. The number of hydrogen-bond donors (Lipinski definition) is 1. The predicted octanol–water partition coefficient (Wildman–Crippen LogP) is 4.66. The number of rotatable bonds is 8. The molecule has 0 radical (unpaired) electrons. The molecule has 32 heavy (non-hydrogen) atoms. The van der Waals surface area contributed by atoms with E-state index in [2.05, 4.69) is 49.7 Å². The lowest BCUT2D eigenvalue weighted by atomic mass is 9.90. The van der Waals surface area contributed by atoms with Gasteiger partial charge in [-0.25, -0.2) is 0 Å². The topological polar surface area (TPSA) is 88.8 Å². The minimum absolute atomic E-state index is 0.108. The van der Waals surface area contributed by atoms with Crippen LogP contribution in [0.4, 0.5) is 10.8 Å². The van der Waals surface area contributed by atoms with Crippen LogP contribution in [0.3, 0.4) is 0 Å². The molecule has 2 aromatic heterocycles. The smallest absolute Gasteiger partial charge is 0.236 e. The van der Waals surface area contributed by atoms with Gasteiger partial charge < -0.3 is 9.47 Å². The first-order valence-electron chi connectivity index (χ1n) is 11.0. The Morgan fingerprint density at radius 2 is 1.88 bits per heavy atom. The number of nitrogens with one attached hydrogen (secondary N) is 1. The second-order valence-corrected chi connectivity index (χ2v) is 10.1. The third-order valence-electron chi connectivity index (χ3n) is 5.65. The highest BCUT2D eigenvalue weighted by Crippen LogP contribution is 2.35. The zero-order chi connectivity index (χ0) is 22.5. The molecule has 1 fully saturated rings. The molecule has 10 heteroatoms. The van der Waals surface area contributed by atoms with Gasteiger partial charge in [0.15, 0.2) is 11.0 Å². The Morgan fingerprint density at radius 3 is 2.56 bits per heavy atom. The Morgan fingerprint density at radius 1 is 1.12 bits per heavy atom. The van der Waals surface area contributed by atoms with Crippen LogP contribution in [-0.4, -0.2) is 50.7 Å². The molecule has 0 spiro atoms. The van der Waals surface area contributed by atoms with Gasteiger partial charge in [0.05, 0.1) is 5.75 Å². The first-order chi connectivity index (χ1) is 15.5.